The van der Waals surface area contributed by atoms with Crippen molar-refractivity contribution in [3.8, 4) is 0 Å². The number of primary amides is 1. The molecule has 1 unspecified atom stereocenters. The number of pyridine rings is 2. The summed E-state index contributed by atoms with van der Waals surface area (Å²) in [5, 5.41) is 3.34. The van der Waals surface area contributed by atoms with E-state index < -0.39 is 11.8 Å². The summed E-state index contributed by atoms with van der Waals surface area (Å²) in [5.74, 6) is -0.835. The number of halogens is 1. The maximum absolute atomic E-state index is 13.5. The molecule has 3 N–H and O–H groups in total. The number of nitrogens with zero attached hydrogens (tertiary/aromatic N) is 2. The van der Waals surface area contributed by atoms with E-state index in [0.717, 1.165) is 22.4 Å². The van der Waals surface area contributed by atoms with Crippen LogP contribution in [0.15, 0.2) is 66.5 Å². The molecule has 0 radical (unpaired) electrons. The second-order valence-corrected chi connectivity index (χ2v) is 7.69. The second kappa shape index (κ2) is 9.98. The van der Waals surface area contributed by atoms with Gasteiger partial charge in [-0.25, -0.2) is 9.37 Å². The molecule has 0 bridgehead atoms. The van der Waals surface area contributed by atoms with E-state index in [2.05, 4.69) is 10.3 Å². The van der Waals surface area contributed by atoms with Crippen LogP contribution in [0.5, 0.6) is 0 Å². The van der Waals surface area contributed by atoms with Crippen LogP contribution >= 0.6 is 0 Å². The zero-order chi connectivity index (χ0) is 22.4. The van der Waals surface area contributed by atoms with Crippen molar-refractivity contribution in [3.63, 3.8) is 0 Å². The fourth-order valence-corrected chi connectivity index (χ4v) is 3.37. The minimum atomic E-state index is -0.682. The number of nitrogens with two attached hydrogens (primary N) is 1. The van der Waals surface area contributed by atoms with Crippen molar-refractivity contribution in [2.75, 3.05) is 11.9 Å². The lowest BCUT2D eigenvalue weighted by Gasteiger charge is -2.19. The van der Waals surface area contributed by atoms with Crippen LogP contribution in [0.25, 0.3) is 5.57 Å². The quantitative estimate of drug-likeness (QED) is 0.556. The van der Waals surface area contributed by atoms with Crippen molar-refractivity contribution < 1.29 is 9.18 Å². The number of hydrogen-bond donors (Lipinski definition) is 2. The lowest BCUT2D eigenvalue weighted by molar-refractivity contribution is -0.118. The third-order valence-electron chi connectivity index (χ3n) is 5.27. The number of rotatable bonds is 8. The van der Waals surface area contributed by atoms with E-state index in [4.69, 9.17) is 10.7 Å². The topological polar surface area (TPSA) is 80.9 Å². The van der Waals surface area contributed by atoms with Crippen molar-refractivity contribution in [1.29, 1.82) is 0 Å². The van der Waals surface area contributed by atoms with Gasteiger partial charge >= 0.3 is 0 Å². The fraction of sp³-hybridized carbons (Fsp3) is 0.240. The molecule has 2 aromatic heterocycles. The maximum Gasteiger partial charge on any atom is 0.229 e. The van der Waals surface area contributed by atoms with E-state index in [1.54, 1.807) is 24.5 Å². The predicted molar refractivity (Wildman–Crippen MR) is 122 cm³/mol. The van der Waals surface area contributed by atoms with Crippen LogP contribution in [0.3, 0.4) is 0 Å². The van der Waals surface area contributed by atoms with Gasteiger partial charge in [0.1, 0.15) is 11.6 Å². The summed E-state index contributed by atoms with van der Waals surface area (Å²) in [7, 11) is 0. The van der Waals surface area contributed by atoms with E-state index in [0.29, 0.717) is 29.9 Å². The molecule has 5 nitrogen and oxygen atoms in total. The van der Waals surface area contributed by atoms with Crippen LogP contribution in [-0.2, 0) is 11.2 Å². The standard InChI is InChI=1S/C25H27FN4O/c1-16(2)17(3)22-10-9-21(23(24(27)31)19-7-5-12-28-15-19)25(30-22)29-13-11-18-6-4-8-20(26)14-18/h4-10,12,14-15,23H,11,13H2,1-3H3,(H2,27,31)(H,29,30). The molecule has 0 aliphatic heterocycles. The van der Waals surface area contributed by atoms with Gasteiger partial charge in [-0.15, -0.1) is 0 Å². The molecule has 160 valence electrons. The average Bonchev–Trinajstić information content (AvgIpc) is 2.75. The first kappa shape index (κ1) is 22.2. The summed E-state index contributed by atoms with van der Waals surface area (Å²) in [5.41, 5.74) is 11.1. The van der Waals surface area contributed by atoms with E-state index in [9.17, 15) is 9.18 Å². The Kier molecular flexibility index (Phi) is 7.13. The molecule has 1 atom stereocenters. The van der Waals surface area contributed by atoms with Gasteiger partial charge in [0, 0.05) is 24.5 Å². The van der Waals surface area contributed by atoms with Crippen molar-refractivity contribution in [2.24, 2.45) is 5.73 Å². The number of nitrogens with one attached hydrogen (secondary N) is 1. The molecule has 0 fully saturated rings. The Bertz CT molecular complexity index is 1090. The highest BCUT2D eigenvalue weighted by Crippen LogP contribution is 2.31. The number of carbonyl (C=O) groups is 1. The minimum Gasteiger partial charge on any atom is -0.369 e. The monoisotopic (exact) mass is 418 g/mol. The zero-order valence-electron chi connectivity index (χ0n) is 18.0. The molecule has 0 saturated carbocycles. The molecule has 3 rings (SSSR count). The average molecular weight is 419 g/mol. The van der Waals surface area contributed by atoms with Crippen LogP contribution in [0.1, 0.15) is 49.1 Å². The summed E-state index contributed by atoms with van der Waals surface area (Å²) in [6.07, 6.45) is 3.90. The van der Waals surface area contributed by atoms with Crippen LogP contribution in [0.2, 0.25) is 0 Å². The molecule has 31 heavy (non-hydrogen) atoms. The molecule has 2 heterocycles. The molecule has 0 aliphatic rings. The van der Waals surface area contributed by atoms with Crippen molar-refractivity contribution in [2.45, 2.75) is 33.1 Å². The van der Waals surface area contributed by atoms with Crippen LogP contribution < -0.4 is 11.1 Å². The van der Waals surface area contributed by atoms with Gasteiger partial charge in [-0.3, -0.25) is 9.78 Å². The minimum absolute atomic E-state index is 0.261. The first-order chi connectivity index (χ1) is 14.9. The third kappa shape index (κ3) is 5.54. The fourth-order valence-electron chi connectivity index (χ4n) is 3.37. The Balaban J connectivity index is 1.97. The molecule has 0 spiro atoms. The molecular weight excluding hydrogens is 391 g/mol. The van der Waals surface area contributed by atoms with Crippen molar-refractivity contribution >= 4 is 17.3 Å². The van der Waals surface area contributed by atoms with Gasteiger partial charge in [0.05, 0.1) is 11.6 Å². The summed E-state index contributed by atoms with van der Waals surface area (Å²) in [6.45, 7) is 6.60. The van der Waals surface area contributed by atoms with E-state index in [-0.39, 0.29) is 5.82 Å². The number of carbonyl (C=O) groups excluding carboxylic acids is 1. The Morgan fingerprint density at radius 2 is 1.94 bits per heavy atom. The number of amides is 1. The second-order valence-electron chi connectivity index (χ2n) is 7.69. The number of anilines is 1. The zero-order valence-corrected chi connectivity index (χ0v) is 18.0. The van der Waals surface area contributed by atoms with E-state index in [1.165, 1.54) is 12.1 Å². The Morgan fingerprint density at radius 3 is 2.58 bits per heavy atom. The lowest BCUT2D eigenvalue weighted by atomic mass is 9.91. The largest absolute Gasteiger partial charge is 0.369 e. The van der Waals surface area contributed by atoms with E-state index in [1.807, 2.05) is 45.0 Å². The molecule has 0 saturated heterocycles. The first-order valence-electron chi connectivity index (χ1n) is 10.2. The smallest absolute Gasteiger partial charge is 0.229 e. The number of allylic oxidation sites excluding steroid dienone is 2. The SMILES string of the molecule is CC(C)=C(C)c1ccc(C(C(N)=O)c2cccnc2)c(NCCc2cccc(F)c2)n1. The van der Waals surface area contributed by atoms with Gasteiger partial charge in [0.2, 0.25) is 5.91 Å². The van der Waals surface area contributed by atoms with Crippen LogP contribution in [0.4, 0.5) is 10.2 Å². The lowest BCUT2D eigenvalue weighted by Crippen LogP contribution is -2.24. The molecule has 1 aromatic carbocycles. The maximum atomic E-state index is 13.5. The van der Waals surface area contributed by atoms with Gasteiger partial charge in [-0.05, 0) is 68.2 Å². The Labute approximate surface area is 182 Å². The van der Waals surface area contributed by atoms with E-state index >= 15 is 0 Å². The first-order valence-corrected chi connectivity index (χ1v) is 10.2. The summed E-state index contributed by atoms with van der Waals surface area (Å²) in [6, 6.07) is 13.9. The van der Waals surface area contributed by atoms with Crippen LogP contribution in [0, 0.1) is 5.82 Å². The Hall–Kier alpha value is -3.54. The molecule has 6 heteroatoms. The number of aromatic nitrogens is 2. The van der Waals surface area contributed by atoms with Gasteiger partial charge < -0.3 is 11.1 Å². The third-order valence-corrected chi connectivity index (χ3v) is 5.27. The van der Waals surface area contributed by atoms with Gasteiger partial charge in [0.15, 0.2) is 0 Å². The molecular formula is C25H27FN4O. The number of benzene rings is 1. The van der Waals surface area contributed by atoms with Crippen molar-refractivity contribution in [1.82, 2.24) is 9.97 Å². The van der Waals surface area contributed by atoms with Gasteiger partial charge in [0.25, 0.3) is 0 Å². The van der Waals surface area contributed by atoms with Gasteiger partial charge in [-0.1, -0.05) is 29.8 Å². The van der Waals surface area contributed by atoms with Gasteiger partial charge in [-0.2, -0.15) is 0 Å². The highest BCUT2D eigenvalue weighted by Gasteiger charge is 2.24. The number of hydrogen-bond acceptors (Lipinski definition) is 4. The molecule has 0 aliphatic carbocycles. The predicted octanol–water partition coefficient (Wildman–Crippen LogP) is 4.70. The Morgan fingerprint density at radius 1 is 1.13 bits per heavy atom. The van der Waals surface area contributed by atoms with Crippen molar-refractivity contribution in [3.05, 3.63) is 94.7 Å². The highest BCUT2D eigenvalue weighted by atomic mass is 19.1. The summed E-state index contributed by atoms with van der Waals surface area (Å²) in [4.78, 5) is 21.3. The normalized spacial score (nSPS) is 11.6. The van der Waals surface area contributed by atoms with Crippen LogP contribution in [-0.4, -0.2) is 22.4 Å². The summed E-state index contributed by atoms with van der Waals surface area (Å²) < 4.78 is 13.5. The highest BCUT2D eigenvalue weighted by molar-refractivity contribution is 5.87. The molecule has 1 amide bonds. The molecule has 3 aromatic rings. The summed E-state index contributed by atoms with van der Waals surface area (Å²) >= 11 is 0.